The zero-order valence-corrected chi connectivity index (χ0v) is 20.9. The Morgan fingerprint density at radius 1 is 0.973 bits per heavy atom. The molecule has 8 heteroatoms. The lowest BCUT2D eigenvalue weighted by molar-refractivity contribution is -0.138. The van der Waals surface area contributed by atoms with Gasteiger partial charge in [-0.15, -0.1) is 0 Å². The van der Waals surface area contributed by atoms with E-state index in [9.17, 15) is 4.79 Å². The summed E-state index contributed by atoms with van der Waals surface area (Å²) in [6.45, 7) is 0.523. The van der Waals surface area contributed by atoms with Crippen LogP contribution in [0.5, 0.6) is 17.2 Å². The van der Waals surface area contributed by atoms with Crippen LogP contribution in [0.2, 0.25) is 0 Å². The van der Waals surface area contributed by atoms with E-state index in [1.807, 2.05) is 66.7 Å². The Balaban J connectivity index is 1.35. The number of aliphatic carboxylic acids is 1. The van der Waals surface area contributed by atoms with Crippen LogP contribution >= 0.6 is 0 Å². The minimum atomic E-state index is -0.863. The minimum absolute atomic E-state index is 0.0325. The van der Waals surface area contributed by atoms with Crippen LogP contribution in [0, 0.1) is 0 Å². The van der Waals surface area contributed by atoms with Gasteiger partial charge in [-0.3, -0.25) is 9.69 Å². The van der Waals surface area contributed by atoms with Gasteiger partial charge < -0.3 is 28.8 Å². The Hall–Kier alpha value is -4.17. The molecular formula is C29H31NO7. The Kier molecular flexibility index (Phi) is 8.89. The number of nitrogens with zero attached hydrogens (tertiary/aromatic N) is 1. The number of ether oxygens (including phenoxy) is 5. The summed E-state index contributed by atoms with van der Waals surface area (Å²) in [5.41, 5.74) is 2.08. The van der Waals surface area contributed by atoms with Crippen LogP contribution in [0.3, 0.4) is 0 Å². The van der Waals surface area contributed by atoms with Gasteiger partial charge in [0.15, 0.2) is 6.26 Å². The molecule has 37 heavy (non-hydrogen) atoms. The van der Waals surface area contributed by atoms with Crippen LogP contribution in [0.1, 0.15) is 23.7 Å². The van der Waals surface area contributed by atoms with Crippen molar-refractivity contribution in [2.75, 3.05) is 27.2 Å². The molecule has 194 valence electrons. The van der Waals surface area contributed by atoms with Crippen molar-refractivity contribution < 1.29 is 33.6 Å². The molecule has 0 saturated heterocycles. The van der Waals surface area contributed by atoms with Crippen LogP contribution in [0.4, 0.5) is 0 Å². The van der Waals surface area contributed by atoms with Gasteiger partial charge in [-0.1, -0.05) is 42.5 Å². The smallest absolute Gasteiger partial charge is 0.324 e. The quantitative estimate of drug-likeness (QED) is 0.347. The maximum atomic E-state index is 11.0. The second-order valence-corrected chi connectivity index (χ2v) is 8.68. The van der Waals surface area contributed by atoms with E-state index in [0.717, 1.165) is 16.9 Å². The summed E-state index contributed by atoms with van der Waals surface area (Å²) in [5.74, 6) is 1.44. The predicted octanol–water partition coefficient (Wildman–Crippen LogP) is 5.02. The monoisotopic (exact) mass is 505 g/mol. The van der Waals surface area contributed by atoms with E-state index in [0.29, 0.717) is 36.8 Å². The molecule has 0 aliphatic carbocycles. The molecule has 4 rings (SSSR count). The molecule has 1 aliphatic rings. The van der Waals surface area contributed by atoms with E-state index in [1.165, 1.54) is 6.26 Å². The molecule has 0 spiro atoms. The summed E-state index contributed by atoms with van der Waals surface area (Å²) in [4.78, 5) is 12.8. The van der Waals surface area contributed by atoms with Crippen molar-refractivity contribution in [2.24, 2.45) is 0 Å². The van der Waals surface area contributed by atoms with Crippen molar-refractivity contribution in [1.82, 2.24) is 4.90 Å². The largest absolute Gasteiger partial charge is 0.497 e. The zero-order valence-electron chi connectivity index (χ0n) is 20.9. The summed E-state index contributed by atoms with van der Waals surface area (Å²) < 4.78 is 28.7. The highest BCUT2D eigenvalue weighted by Gasteiger charge is 2.22. The van der Waals surface area contributed by atoms with Gasteiger partial charge in [0, 0.05) is 19.4 Å². The molecule has 0 radical (unpaired) electrons. The number of carboxylic acid groups (broad SMARTS) is 1. The summed E-state index contributed by atoms with van der Waals surface area (Å²) in [6.07, 6.45) is 2.00. The molecule has 0 saturated carbocycles. The SMILES string of the molecule is COc1ccc(C(CCN(C)CC(=O)O)Oc2ccc(OC3=COC(Cc4ccccc4)O3)cc2)cc1. The molecule has 1 N–H and O–H groups in total. The first-order valence-corrected chi connectivity index (χ1v) is 12.0. The first-order valence-electron chi connectivity index (χ1n) is 12.0. The van der Waals surface area contributed by atoms with Gasteiger partial charge in [0.1, 0.15) is 23.4 Å². The molecule has 1 heterocycles. The minimum Gasteiger partial charge on any atom is -0.497 e. The lowest BCUT2D eigenvalue weighted by Crippen LogP contribution is -2.28. The third-order valence-electron chi connectivity index (χ3n) is 5.80. The van der Waals surface area contributed by atoms with Crippen molar-refractivity contribution in [1.29, 1.82) is 0 Å². The number of rotatable bonds is 13. The van der Waals surface area contributed by atoms with E-state index in [2.05, 4.69) is 0 Å². The van der Waals surface area contributed by atoms with Gasteiger partial charge in [0.05, 0.1) is 13.7 Å². The number of carboxylic acids is 1. The molecule has 0 bridgehead atoms. The molecule has 0 aromatic heterocycles. The number of carbonyl (C=O) groups is 1. The third-order valence-corrected chi connectivity index (χ3v) is 5.80. The van der Waals surface area contributed by atoms with Gasteiger partial charge >= 0.3 is 11.9 Å². The van der Waals surface area contributed by atoms with Crippen molar-refractivity contribution in [3.8, 4) is 17.2 Å². The number of likely N-dealkylation sites (N-methyl/N-ethyl adjacent to an activating group) is 1. The standard InChI is InChI=1S/C29H31NO7/c1-30(19-27(31)32)17-16-26(22-8-10-23(33-2)11-9-22)35-24-12-14-25(15-13-24)36-29-20-34-28(37-29)18-21-6-4-3-5-7-21/h3-15,20,26,28H,16-19H2,1-2H3,(H,31,32). The number of hydrogen-bond acceptors (Lipinski definition) is 7. The van der Waals surface area contributed by atoms with Gasteiger partial charge in [0.2, 0.25) is 6.29 Å². The lowest BCUT2D eigenvalue weighted by atomic mass is 10.1. The zero-order chi connectivity index (χ0) is 26.0. The average molecular weight is 506 g/mol. The lowest BCUT2D eigenvalue weighted by Gasteiger charge is -2.23. The van der Waals surface area contributed by atoms with Crippen LogP contribution in [0.15, 0.2) is 91.1 Å². The second-order valence-electron chi connectivity index (χ2n) is 8.68. The van der Waals surface area contributed by atoms with E-state index >= 15 is 0 Å². The summed E-state index contributed by atoms with van der Waals surface area (Å²) in [6, 6.07) is 24.9. The Bertz CT molecular complexity index is 1160. The highest BCUT2D eigenvalue weighted by atomic mass is 16.8. The molecule has 0 fully saturated rings. The topological polar surface area (TPSA) is 86.7 Å². The van der Waals surface area contributed by atoms with Crippen molar-refractivity contribution in [3.63, 3.8) is 0 Å². The molecule has 8 nitrogen and oxygen atoms in total. The summed E-state index contributed by atoms with van der Waals surface area (Å²) in [7, 11) is 3.40. The average Bonchev–Trinajstić information content (AvgIpc) is 3.34. The van der Waals surface area contributed by atoms with Crippen LogP contribution in [-0.2, 0) is 20.7 Å². The van der Waals surface area contributed by atoms with Gasteiger partial charge in [-0.2, -0.15) is 0 Å². The maximum absolute atomic E-state index is 11.0. The molecule has 1 aliphatic heterocycles. The van der Waals surface area contributed by atoms with E-state index < -0.39 is 12.3 Å². The van der Waals surface area contributed by atoms with Crippen LogP contribution in [0.25, 0.3) is 0 Å². The number of methoxy groups -OCH3 is 1. The van der Waals surface area contributed by atoms with Crippen molar-refractivity contribution in [3.05, 3.63) is 102 Å². The van der Waals surface area contributed by atoms with Crippen LogP contribution in [-0.4, -0.2) is 49.5 Å². The number of hydrogen-bond donors (Lipinski definition) is 1. The predicted molar refractivity (Wildman–Crippen MR) is 137 cm³/mol. The van der Waals surface area contributed by atoms with Crippen molar-refractivity contribution >= 4 is 5.97 Å². The third kappa shape index (κ3) is 7.91. The van der Waals surface area contributed by atoms with Gasteiger partial charge in [-0.05, 0) is 54.6 Å². The first kappa shape index (κ1) is 25.9. The molecule has 0 amide bonds. The molecule has 3 aromatic carbocycles. The summed E-state index contributed by atoms with van der Waals surface area (Å²) >= 11 is 0. The second kappa shape index (κ2) is 12.7. The van der Waals surface area contributed by atoms with E-state index in [-0.39, 0.29) is 12.6 Å². The first-order chi connectivity index (χ1) is 18.0. The molecule has 3 aromatic rings. The summed E-state index contributed by atoms with van der Waals surface area (Å²) in [5, 5.41) is 9.05. The fourth-order valence-corrected chi connectivity index (χ4v) is 3.89. The fourth-order valence-electron chi connectivity index (χ4n) is 3.89. The Morgan fingerprint density at radius 3 is 2.32 bits per heavy atom. The van der Waals surface area contributed by atoms with Gasteiger partial charge in [0.25, 0.3) is 0 Å². The highest BCUT2D eigenvalue weighted by Crippen LogP contribution is 2.29. The molecule has 2 atom stereocenters. The maximum Gasteiger partial charge on any atom is 0.324 e. The normalized spacial score (nSPS) is 15.3. The number of benzene rings is 3. The van der Waals surface area contributed by atoms with Gasteiger partial charge in [-0.25, -0.2) is 0 Å². The molecular weight excluding hydrogens is 474 g/mol. The Labute approximate surface area is 216 Å². The Morgan fingerprint density at radius 2 is 1.65 bits per heavy atom. The van der Waals surface area contributed by atoms with E-state index in [1.54, 1.807) is 31.2 Å². The van der Waals surface area contributed by atoms with Crippen molar-refractivity contribution in [2.45, 2.75) is 25.2 Å². The van der Waals surface area contributed by atoms with E-state index in [4.69, 9.17) is 28.8 Å². The highest BCUT2D eigenvalue weighted by molar-refractivity contribution is 5.69. The van der Waals surface area contributed by atoms with Crippen LogP contribution < -0.4 is 14.2 Å². The molecule has 2 unspecified atom stereocenters. The fraction of sp³-hybridized carbons (Fsp3) is 0.276.